The molecule has 7 nitrogen and oxygen atoms in total. The van der Waals surface area contributed by atoms with Crippen molar-refractivity contribution in [3.05, 3.63) is 23.2 Å². The molecule has 0 aliphatic carbocycles. The zero-order valence-electron chi connectivity index (χ0n) is 14.7. The maximum atomic E-state index is 10.7. The lowest BCUT2D eigenvalue weighted by molar-refractivity contribution is -0.0850. The fourth-order valence-electron chi connectivity index (χ4n) is 2.60. The summed E-state index contributed by atoms with van der Waals surface area (Å²) in [4.78, 5) is 4.16. The minimum Gasteiger partial charge on any atom is -0.466 e. The number of aliphatic imine (C=N–C) groups is 1. The number of aryl methyl sites for hydroxylation is 2. The first-order chi connectivity index (χ1) is 10.9. The average Bonchev–Trinajstić information content (AvgIpc) is 2.88. The number of hydrogen-bond acceptors (Lipinski definition) is 5. The number of nitrogens with one attached hydrogen (secondary N) is 2. The summed E-state index contributed by atoms with van der Waals surface area (Å²) in [6, 6.07) is 1.86. The molecule has 1 fully saturated rings. The summed E-state index contributed by atoms with van der Waals surface area (Å²) in [5, 5.41) is 17.0. The van der Waals surface area contributed by atoms with Crippen LogP contribution in [0.1, 0.15) is 24.0 Å². The largest absolute Gasteiger partial charge is 0.466 e. The van der Waals surface area contributed by atoms with Crippen LogP contribution in [0.5, 0.6) is 0 Å². The van der Waals surface area contributed by atoms with Crippen molar-refractivity contribution in [1.82, 2.24) is 10.6 Å². The van der Waals surface area contributed by atoms with Crippen LogP contribution >= 0.6 is 24.0 Å². The molecule has 2 unspecified atom stereocenters. The van der Waals surface area contributed by atoms with Gasteiger partial charge in [0, 0.05) is 19.2 Å². The molecule has 2 heterocycles. The Labute approximate surface area is 160 Å². The summed E-state index contributed by atoms with van der Waals surface area (Å²) >= 11 is 0. The quantitative estimate of drug-likeness (QED) is 0.354. The molecular formula is C16H28IN3O4. The summed E-state index contributed by atoms with van der Waals surface area (Å²) in [6.45, 7) is 8.23. The maximum Gasteiger partial charge on any atom is 0.191 e. The zero-order chi connectivity index (χ0) is 16.9. The molecule has 0 bridgehead atoms. The molecule has 0 amide bonds. The number of guanidine groups is 1. The van der Waals surface area contributed by atoms with E-state index < -0.39 is 5.60 Å². The van der Waals surface area contributed by atoms with Gasteiger partial charge in [-0.3, -0.25) is 4.99 Å². The van der Waals surface area contributed by atoms with Crippen LogP contribution in [0.25, 0.3) is 0 Å². The molecular weight excluding hydrogens is 425 g/mol. The van der Waals surface area contributed by atoms with Crippen molar-refractivity contribution in [3.8, 4) is 0 Å². The highest BCUT2D eigenvalue weighted by Gasteiger charge is 2.28. The third-order valence-corrected chi connectivity index (χ3v) is 3.83. The van der Waals surface area contributed by atoms with E-state index in [2.05, 4.69) is 15.6 Å². The zero-order valence-corrected chi connectivity index (χ0v) is 17.0. The number of rotatable bonds is 5. The Bertz CT molecular complexity index is 539. The fraction of sp³-hybridized carbons (Fsp3) is 0.688. The van der Waals surface area contributed by atoms with Gasteiger partial charge in [0.15, 0.2) is 5.96 Å². The first-order valence-corrected chi connectivity index (χ1v) is 7.86. The molecule has 1 aliphatic heterocycles. The molecule has 0 aromatic carbocycles. The van der Waals surface area contributed by atoms with E-state index in [1.54, 1.807) is 14.0 Å². The molecule has 0 spiro atoms. The lowest BCUT2D eigenvalue weighted by Crippen LogP contribution is -2.48. The minimum atomic E-state index is -1.05. The molecule has 2 atom stereocenters. The van der Waals surface area contributed by atoms with Gasteiger partial charge in [0.1, 0.15) is 17.1 Å². The van der Waals surface area contributed by atoms with Gasteiger partial charge in [-0.15, -0.1) is 24.0 Å². The fourth-order valence-corrected chi connectivity index (χ4v) is 2.60. The summed E-state index contributed by atoms with van der Waals surface area (Å²) in [5.41, 5.74) is -0.272. The molecule has 138 valence electrons. The predicted molar refractivity (Wildman–Crippen MR) is 103 cm³/mol. The van der Waals surface area contributed by atoms with Gasteiger partial charge in [0.25, 0.3) is 0 Å². The van der Waals surface area contributed by atoms with E-state index in [9.17, 15) is 5.11 Å². The Morgan fingerprint density at radius 2 is 2.12 bits per heavy atom. The monoisotopic (exact) mass is 453 g/mol. The number of ether oxygens (including phenoxy) is 2. The summed E-state index contributed by atoms with van der Waals surface area (Å²) in [5.74, 6) is 2.12. The van der Waals surface area contributed by atoms with E-state index in [1.165, 1.54) is 0 Å². The summed E-state index contributed by atoms with van der Waals surface area (Å²) in [6.07, 6.45) is 0.0153. The molecule has 0 saturated carbocycles. The summed E-state index contributed by atoms with van der Waals surface area (Å²) < 4.78 is 16.4. The van der Waals surface area contributed by atoms with Crippen LogP contribution in [0.4, 0.5) is 0 Å². The van der Waals surface area contributed by atoms with Crippen LogP contribution in [-0.2, 0) is 15.1 Å². The number of furan rings is 1. The molecule has 3 N–H and O–H groups in total. The second kappa shape index (κ2) is 9.59. The Morgan fingerprint density at radius 3 is 2.67 bits per heavy atom. The van der Waals surface area contributed by atoms with Gasteiger partial charge >= 0.3 is 0 Å². The molecule has 0 radical (unpaired) electrons. The number of aliphatic hydroxyl groups is 1. The van der Waals surface area contributed by atoms with Gasteiger partial charge in [-0.05, 0) is 26.8 Å². The van der Waals surface area contributed by atoms with Crippen LogP contribution in [0.2, 0.25) is 0 Å². The van der Waals surface area contributed by atoms with Crippen LogP contribution in [0.15, 0.2) is 15.5 Å². The number of nitrogens with zero attached hydrogens (tertiary/aromatic N) is 1. The van der Waals surface area contributed by atoms with Crippen molar-refractivity contribution in [2.45, 2.75) is 32.5 Å². The molecule has 1 aromatic heterocycles. The van der Waals surface area contributed by atoms with E-state index in [1.807, 2.05) is 19.9 Å². The Morgan fingerprint density at radius 1 is 1.38 bits per heavy atom. The molecule has 8 heteroatoms. The standard InChI is InChI=1S/C16H27N3O4.HI/c1-11-7-14(12(2)23-11)16(3,20)10-19-15(17-4)18-8-13-9-21-5-6-22-13;/h7,13,20H,5-6,8-10H2,1-4H3,(H2,17,18,19);1H. The average molecular weight is 453 g/mol. The summed E-state index contributed by atoms with van der Waals surface area (Å²) in [7, 11) is 1.69. The third kappa shape index (κ3) is 5.91. The van der Waals surface area contributed by atoms with Crippen molar-refractivity contribution in [2.24, 2.45) is 4.99 Å². The van der Waals surface area contributed by atoms with Crippen molar-refractivity contribution in [1.29, 1.82) is 0 Å². The highest BCUT2D eigenvalue weighted by Crippen LogP contribution is 2.26. The molecule has 24 heavy (non-hydrogen) atoms. The Balaban J connectivity index is 0.00000288. The molecule has 1 aliphatic rings. The van der Waals surface area contributed by atoms with Gasteiger partial charge in [-0.1, -0.05) is 0 Å². The highest BCUT2D eigenvalue weighted by molar-refractivity contribution is 14.0. The molecule has 2 rings (SSSR count). The van der Waals surface area contributed by atoms with E-state index in [-0.39, 0.29) is 30.1 Å². The first kappa shape index (κ1) is 21.2. The van der Waals surface area contributed by atoms with E-state index in [0.717, 1.165) is 17.1 Å². The molecule has 1 aromatic rings. The predicted octanol–water partition coefficient (Wildman–Crippen LogP) is 1.30. The van der Waals surface area contributed by atoms with Crippen molar-refractivity contribution >= 4 is 29.9 Å². The lowest BCUT2D eigenvalue weighted by atomic mass is 9.96. The van der Waals surface area contributed by atoms with E-state index in [4.69, 9.17) is 13.9 Å². The van der Waals surface area contributed by atoms with E-state index in [0.29, 0.717) is 38.9 Å². The van der Waals surface area contributed by atoms with Crippen LogP contribution in [-0.4, -0.2) is 57.1 Å². The first-order valence-electron chi connectivity index (χ1n) is 7.86. The normalized spacial score (nSPS) is 20.9. The number of halogens is 1. The van der Waals surface area contributed by atoms with Crippen molar-refractivity contribution < 1.29 is 19.0 Å². The Hall–Kier alpha value is -0.840. The van der Waals surface area contributed by atoms with E-state index >= 15 is 0 Å². The van der Waals surface area contributed by atoms with Crippen LogP contribution < -0.4 is 10.6 Å². The van der Waals surface area contributed by atoms with Gasteiger partial charge < -0.3 is 29.6 Å². The second-order valence-corrected chi connectivity index (χ2v) is 5.98. The van der Waals surface area contributed by atoms with Crippen LogP contribution in [0.3, 0.4) is 0 Å². The van der Waals surface area contributed by atoms with Crippen LogP contribution in [0, 0.1) is 13.8 Å². The van der Waals surface area contributed by atoms with Crippen molar-refractivity contribution in [2.75, 3.05) is 40.0 Å². The lowest BCUT2D eigenvalue weighted by Gasteiger charge is -2.26. The Kier molecular flexibility index (Phi) is 8.48. The minimum absolute atomic E-state index is 0. The third-order valence-electron chi connectivity index (χ3n) is 3.83. The van der Waals surface area contributed by atoms with Gasteiger partial charge in [-0.25, -0.2) is 0 Å². The number of hydrogen-bond donors (Lipinski definition) is 3. The highest BCUT2D eigenvalue weighted by atomic mass is 127. The van der Waals surface area contributed by atoms with Gasteiger partial charge in [-0.2, -0.15) is 0 Å². The van der Waals surface area contributed by atoms with Gasteiger partial charge in [0.05, 0.1) is 32.5 Å². The smallest absolute Gasteiger partial charge is 0.191 e. The SMILES string of the molecule is CN=C(NCC1COCCO1)NCC(C)(O)c1cc(C)oc1C.I. The second-order valence-electron chi connectivity index (χ2n) is 5.98. The maximum absolute atomic E-state index is 10.7. The van der Waals surface area contributed by atoms with Crippen molar-refractivity contribution in [3.63, 3.8) is 0 Å². The topological polar surface area (TPSA) is 88.3 Å². The van der Waals surface area contributed by atoms with Gasteiger partial charge in [0.2, 0.25) is 0 Å². The molecule has 1 saturated heterocycles.